The second-order valence-electron chi connectivity index (χ2n) is 7.13. The molecule has 2 aromatic carbocycles. The molecule has 1 aliphatic carbocycles. The van der Waals surface area contributed by atoms with Gasteiger partial charge < -0.3 is 9.53 Å². The van der Waals surface area contributed by atoms with E-state index in [9.17, 15) is 4.79 Å². The summed E-state index contributed by atoms with van der Waals surface area (Å²) in [5.41, 5.74) is 0. The summed E-state index contributed by atoms with van der Waals surface area (Å²) in [5, 5.41) is 2.44. The number of ether oxygens (including phenoxy) is 1. The van der Waals surface area contributed by atoms with Crippen LogP contribution in [0.3, 0.4) is 0 Å². The molecule has 0 aromatic heterocycles. The molecule has 3 nitrogen and oxygen atoms in total. The number of aldehydes is 1. The Morgan fingerprint density at radius 3 is 2.56 bits per heavy atom. The Balaban J connectivity index is 1.49. The standard InChI is InChI=1S/C21H25NO2S/c23-15-18-5-3-4-12-22(18)25-21-11-9-16-13-20(10-8-17(16)14-21)24-19-6-1-2-7-19/h8-11,13-15,18-19H,1-7,12H2. The molecule has 1 heterocycles. The van der Waals surface area contributed by atoms with Crippen LogP contribution in [0.4, 0.5) is 0 Å². The lowest BCUT2D eigenvalue weighted by molar-refractivity contribution is -0.111. The van der Waals surface area contributed by atoms with E-state index in [2.05, 4.69) is 40.7 Å². The number of carbonyl (C=O) groups excluding carboxylic acids is 1. The maximum atomic E-state index is 11.3. The highest BCUT2D eigenvalue weighted by Gasteiger charge is 2.22. The van der Waals surface area contributed by atoms with E-state index < -0.39 is 0 Å². The Labute approximate surface area is 153 Å². The van der Waals surface area contributed by atoms with Crippen LogP contribution in [0.1, 0.15) is 44.9 Å². The molecule has 0 bridgehead atoms. The summed E-state index contributed by atoms with van der Waals surface area (Å²) in [6, 6.07) is 13.0. The molecule has 0 amide bonds. The van der Waals surface area contributed by atoms with E-state index in [0.717, 1.165) is 31.4 Å². The van der Waals surface area contributed by atoms with E-state index in [0.29, 0.717) is 6.10 Å². The topological polar surface area (TPSA) is 29.5 Å². The molecule has 0 radical (unpaired) electrons. The minimum atomic E-state index is 0.0524. The predicted octanol–water partition coefficient (Wildman–Crippen LogP) is 5.22. The van der Waals surface area contributed by atoms with E-state index in [1.165, 1.54) is 47.8 Å². The summed E-state index contributed by atoms with van der Waals surface area (Å²) < 4.78 is 8.34. The average molecular weight is 356 g/mol. The van der Waals surface area contributed by atoms with Gasteiger partial charge >= 0.3 is 0 Å². The molecule has 0 N–H and O–H groups in total. The fourth-order valence-corrected chi connectivity index (χ4v) is 4.94. The number of fused-ring (bicyclic) bond motifs is 1. The molecule has 1 saturated heterocycles. The smallest absolute Gasteiger partial charge is 0.138 e. The van der Waals surface area contributed by atoms with Gasteiger partial charge in [-0.25, -0.2) is 4.31 Å². The van der Waals surface area contributed by atoms with Gasteiger partial charge in [-0.15, -0.1) is 0 Å². The number of benzene rings is 2. The number of rotatable bonds is 5. The molecule has 1 atom stereocenters. The minimum absolute atomic E-state index is 0.0524. The molecule has 1 aliphatic heterocycles. The van der Waals surface area contributed by atoms with Crippen molar-refractivity contribution in [1.82, 2.24) is 4.31 Å². The molecule has 132 valence electrons. The number of hydrogen-bond acceptors (Lipinski definition) is 4. The van der Waals surface area contributed by atoms with Crippen molar-refractivity contribution in [2.24, 2.45) is 0 Å². The molecule has 1 unspecified atom stereocenters. The van der Waals surface area contributed by atoms with Gasteiger partial charge in [-0.05, 0) is 85.5 Å². The van der Waals surface area contributed by atoms with Crippen LogP contribution in [0.5, 0.6) is 5.75 Å². The van der Waals surface area contributed by atoms with E-state index in [4.69, 9.17) is 4.74 Å². The Morgan fingerprint density at radius 2 is 1.72 bits per heavy atom. The van der Waals surface area contributed by atoms with Gasteiger partial charge in [0, 0.05) is 11.4 Å². The zero-order chi connectivity index (χ0) is 17.1. The van der Waals surface area contributed by atoms with Gasteiger partial charge in [-0.3, -0.25) is 0 Å². The van der Waals surface area contributed by atoms with Crippen LogP contribution in [-0.4, -0.2) is 29.3 Å². The lowest BCUT2D eigenvalue weighted by Gasteiger charge is -2.30. The van der Waals surface area contributed by atoms with Crippen LogP contribution >= 0.6 is 11.9 Å². The van der Waals surface area contributed by atoms with Crippen LogP contribution in [0.2, 0.25) is 0 Å². The third kappa shape index (κ3) is 4.01. The number of nitrogens with zero attached hydrogens (tertiary/aromatic N) is 1. The fourth-order valence-electron chi connectivity index (χ4n) is 3.85. The maximum absolute atomic E-state index is 11.3. The highest BCUT2D eigenvalue weighted by molar-refractivity contribution is 7.97. The summed E-state index contributed by atoms with van der Waals surface area (Å²) in [5.74, 6) is 0.983. The molecule has 2 aromatic rings. The van der Waals surface area contributed by atoms with Crippen molar-refractivity contribution < 1.29 is 9.53 Å². The van der Waals surface area contributed by atoms with Gasteiger partial charge in [0.1, 0.15) is 12.0 Å². The first kappa shape index (κ1) is 16.9. The number of carbonyl (C=O) groups is 1. The zero-order valence-corrected chi connectivity index (χ0v) is 15.3. The van der Waals surface area contributed by atoms with Crippen LogP contribution < -0.4 is 4.74 Å². The Morgan fingerprint density at radius 1 is 0.960 bits per heavy atom. The Hall–Kier alpha value is -1.52. The number of hydrogen-bond donors (Lipinski definition) is 0. The van der Waals surface area contributed by atoms with Crippen molar-refractivity contribution in [3.05, 3.63) is 36.4 Å². The van der Waals surface area contributed by atoms with Gasteiger partial charge in [0.05, 0.1) is 12.1 Å². The van der Waals surface area contributed by atoms with Crippen molar-refractivity contribution in [2.75, 3.05) is 6.54 Å². The molecule has 2 fully saturated rings. The molecular formula is C21H25NO2S. The van der Waals surface area contributed by atoms with Crippen molar-refractivity contribution >= 4 is 29.0 Å². The first-order valence-corrected chi connectivity index (χ1v) is 10.2. The summed E-state index contributed by atoms with van der Waals surface area (Å²) in [6.45, 7) is 0.986. The minimum Gasteiger partial charge on any atom is -0.490 e. The summed E-state index contributed by atoms with van der Waals surface area (Å²) in [7, 11) is 0. The monoisotopic (exact) mass is 355 g/mol. The lowest BCUT2D eigenvalue weighted by atomic mass is 10.1. The first-order chi connectivity index (χ1) is 12.3. The quantitative estimate of drug-likeness (QED) is 0.543. The van der Waals surface area contributed by atoms with Crippen molar-refractivity contribution in [2.45, 2.75) is 62.0 Å². The molecule has 4 rings (SSSR count). The van der Waals surface area contributed by atoms with Gasteiger partial charge in [-0.2, -0.15) is 0 Å². The highest BCUT2D eigenvalue weighted by atomic mass is 32.2. The predicted molar refractivity (Wildman–Crippen MR) is 103 cm³/mol. The Bertz CT molecular complexity index is 742. The van der Waals surface area contributed by atoms with Gasteiger partial charge in [0.15, 0.2) is 0 Å². The van der Waals surface area contributed by atoms with Crippen LogP contribution in [-0.2, 0) is 4.79 Å². The average Bonchev–Trinajstić information content (AvgIpc) is 3.15. The summed E-state index contributed by atoms with van der Waals surface area (Å²) in [4.78, 5) is 12.5. The van der Waals surface area contributed by atoms with Gasteiger partial charge in [0.2, 0.25) is 0 Å². The van der Waals surface area contributed by atoms with E-state index in [1.807, 2.05) is 0 Å². The SMILES string of the molecule is O=CC1CCCCN1Sc1ccc2cc(OC3CCCC3)ccc2c1. The molecule has 2 aliphatic rings. The third-order valence-corrected chi connectivity index (χ3v) is 6.42. The second-order valence-corrected chi connectivity index (χ2v) is 8.25. The Kier molecular flexibility index (Phi) is 5.28. The summed E-state index contributed by atoms with van der Waals surface area (Å²) >= 11 is 1.71. The third-order valence-electron chi connectivity index (χ3n) is 5.27. The molecule has 4 heteroatoms. The number of piperidine rings is 1. The fraction of sp³-hybridized carbons (Fsp3) is 0.476. The largest absolute Gasteiger partial charge is 0.490 e. The normalized spacial score (nSPS) is 22.3. The first-order valence-electron chi connectivity index (χ1n) is 9.42. The van der Waals surface area contributed by atoms with Gasteiger partial charge in [-0.1, -0.05) is 18.6 Å². The van der Waals surface area contributed by atoms with Gasteiger partial charge in [0.25, 0.3) is 0 Å². The molecule has 0 spiro atoms. The van der Waals surface area contributed by atoms with Crippen LogP contribution in [0.15, 0.2) is 41.3 Å². The maximum Gasteiger partial charge on any atom is 0.138 e. The van der Waals surface area contributed by atoms with Crippen LogP contribution in [0, 0.1) is 0 Å². The van der Waals surface area contributed by atoms with Crippen LogP contribution in [0.25, 0.3) is 10.8 Å². The molecule has 25 heavy (non-hydrogen) atoms. The molecule has 1 saturated carbocycles. The van der Waals surface area contributed by atoms with E-state index in [-0.39, 0.29) is 6.04 Å². The zero-order valence-electron chi connectivity index (χ0n) is 14.5. The van der Waals surface area contributed by atoms with Crippen molar-refractivity contribution in [3.63, 3.8) is 0 Å². The second kappa shape index (κ2) is 7.79. The van der Waals surface area contributed by atoms with E-state index in [1.54, 1.807) is 11.9 Å². The summed E-state index contributed by atoms with van der Waals surface area (Å²) in [6.07, 6.45) is 9.74. The van der Waals surface area contributed by atoms with Crippen molar-refractivity contribution in [3.8, 4) is 5.75 Å². The molecular weight excluding hydrogens is 330 g/mol. The lowest BCUT2D eigenvalue weighted by Crippen LogP contribution is -2.35. The van der Waals surface area contributed by atoms with Crippen molar-refractivity contribution in [1.29, 1.82) is 0 Å². The van der Waals surface area contributed by atoms with E-state index >= 15 is 0 Å². The highest BCUT2D eigenvalue weighted by Crippen LogP contribution is 2.33.